The van der Waals surface area contributed by atoms with E-state index in [-0.39, 0.29) is 18.5 Å². The fourth-order valence-corrected chi connectivity index (χ4v) is 3.08. The van der Waals surface area contributed by atoms with Crippen LogP contribution in [0.15, 0.2) is 5.38 Å². The molecule has 0 saturated carbocycles. The van der Waals surface area contributed by atoms with Gasteiger partial charge in [0.05, 0.1) is 23.6 Å². The number of carbonyl (C=O) groups excluding carboxylic acids is 2. The summed E-state index contributed by atoms with van der Waals surface area (Å²) in [6, 6.07) is -0.0243. The van der Waals surface area contributed by atoms with Crippen LogP contribution in [0, 0.1) is 6.92 Å². The number of rotatable bonds is 7. The molecule has 0 aliphatic heterocycles. The van der Waals surface area contributed by atoms with Gasteiger partial charge in [0.15, 0.2) is 0 Å². The van der Waals surface area contributed by atoms with Crippen molar-refractivity contribution in [3.63, 3.8) is 0 Å². The molecular formula is C13H20N2O3S2. The number of nitrogens with zero attached hydrogens (tertiary/aromatic N) is 2. The molecule has 0 radical (unpaired) electrons. The Hall–Kier alpha value is -1.08. The number of hydrogen-bond acceptors (Lipinski definition) is 6. The Balaban J connectivity index is 2.43. The Labute approximate surface area is 127 Å². The Bertz CT molecular complexity index is 460. The SMILES string of the molecule is COC(=O)CN(C(=O)CSCc1csc(C)n1)C(C)C. The van der Waals surface area contributed by atoms with Crippen molar-refractivity contribution in [2.24, 2.45) is 0 Å². The Kier molecular flexibility index (Phi) is 7.01. The van der Waals surface area contributed by atoms with E-state index in [0.29, 0.717) is 11.5 Å². The molecule has 0 spiro atoms. The molecule has 1 aromatic rings. The molecule has 0 aliphatic rings. The number of carbonyl (C=O) groups is 2. The molecular weight excluding hydrogens is 296 g/mol. The zero-order valence-corrected chi connectivity index (χ0v) is 13.8. The molecule has 0 aromatic carbocycles. The van der Waals surface area contributed by atoms with Gasteiger partial charge in [-0.15, -0.1) is 23.1 Å². The van der Waals surface area contributed by atoms with Gasteiger partial charge in [0, 0.05) is 17.2 Å². The fourth-order valence-electron chi connectivity index (χ4n) is 1.56. The minimum absolute atomic E-state index is 0.00334. The fraction of sp³-hybridized carbons (Fsp3) is 0.615. The first-order chi connectivity index (χ1) is 9.43. The molecule has 20 heavy (non-hydrogen) atoms. The summed E-state index contributed by atoms with van der Waals surface area (Å²) in [4.78, 5) is 29.3. The highest BCUT2D eigenvalue weighted by atomic mass is 32.2. The minimum Gasteiger partial charge on any atom is -0.468 e. The standard InChI is InChI=1S/C13H20N2O3S2/c1-9(2)15(5-13(17)18-4)12(16)8-19-6-11-7-20-10(3)14-11/h7,9H,5-6,8H2,1-4H3. The average Bonchev–Trinajstić information content (AvgIpc) is 2.80. The lowest BCUT2D eigenvalue weighted by Crippen LogP contribution is -2.42. The van der Waals surface area contributed by atoms with Gasteiger partial charge < -0.3 is 9.64 Å². The minimum atomic E-state index is -0.396. The topological polar surface area (TPSA) is 59.5 Å². The number of methoxy groups -OCH3 is 1. The van der Waals surface area contributed by atoms with Crippen LogP contribution in [0.2, 0.25) is 0 Å². The van der Waals surface area contributed by atoms with Crippen molar-refractivity contribution in [3.05, 3.63) is 16.1 Å². The van der Waals surface area contributed by atoms with Crippen LogP contribution in [0.3, 0.4) is 0 Å². The van der Waals surface area contributed by atoms with Gasteiger partial charge in [0.2, 0.25) is 5.91 Å². The lowest BCUT2D eigenvalue weighted by molar-refractivity contribution is -0.147. The van der Waals surface area contributed by atoms with Crippen LogP contribution < -0.4 is 0 Å². The quantitative estimate of drug-likeness (QED) is 0.721. The van der Waals surface area contributed by atoms with Gasteiger partial charge in [-0.3, -0.25) is 9.59 Å². The summed E-state index contributed by atoms with van der Waals surface area (Å²) in [5, 5.41) is 3.03. The van der Waals surface area contributed by atoms with Gasteiger partial charge in [0.1, 0.15) is 6.54 Å². The van der Waals surface area contributed by atoms with E-state index in [2.05, 4.69) is 9.72 Å². The molecule has 0 atom stereocenters. The second-order valence-electron chi connectivity index (χ2n) is 4.54. The summed E-state index contributed by atoms with van der Waals surface area (Å²) < 4.78 is 4.61. The highest BCUT2D eigenvalue weighted by Gasteiger charge is 2.20. The van der Waals surface area contributed by atoms with Crippen molar-refractivity contribution in [3.8, 4) is 0 Å². The third-order valence-corrected chi connectivity index (χ3v) is 4.39. The number of hydrogen-bond donors (Lipinski definition) is 0. The summed E-state index contributed by atoms with van der Waals surface area (Å²) in [7, 11) is 1.32. The normalized spacial score (nSPS) is 10.7. The molecule has 0 unspecified atom stereocenters. The second kappa shape index (κ2) is 8.26. The van der Waals surface area contributed by atoms with Crippen LogP contribution in [-0.4, -0.2) is 47.2 Å². The Morgan fingerprint density at radius 2 is 2.20 bits per heavy atom. The second-order valence-corrected chi connectivity index (χ2v) is 6.59. The van der Waals surface area contributed by atoms with E-state index < -0.39 is 5.97 Å². The monoisotopic (exact) mass is 316 g/mol. The van der Waals surface area contributed by atoms with Crippen molar-refractivity contribution in [1.82, 2.24) is 9.88 Å². The summed E-state index contributed by atoms with van der Waals surface area (Å²) in [6.07, 6.45) is 0. The number of amides is 1. The van der Waals surface area contributed by atoms with E-state index in [0.717, 1.165) is 10.7 Å². The maximum Gasteiger partial charge on any atom is 0.325 e. The summed E-state index contributed by atoms with van der Waals surface area (Å²) in [5.74, 6) is 0.598. The molecule has 1 heterocycles. The Morgan fingerprint density at radius 1 is 1.50 bits per heavy atom. The molecule has 5 nitrogen and oxygen atoms in total. The van der Waals surface area contributed by atoms with Crippen LogP contribution >= 0.6 is 23.1 Å². The molecule has 0 saturated heterocycles. The van der Waals surface area contributed by atoms with Gasteiger partial charge in [0.25, 0.3) is 0 Å². The van der Waals surface area contributed by atoms with Crippen LogP contribution in [0.4, 0.5) is 0 Å². The summed E-state index contributed by atoms with van der Waals surface area (Å²) >= 11 is 3.11. The molecule has 1 amide bonds. The van der Waals surface area contributed by atoms with Crippen molar-refractivity contribution < 1.29 is 14.3 Å². The molecule has 0 N–H and O–H groups in total. The number of aromatic nitrogens is 1. The molecule has 1 rings (SSSR count). The van der Waals surface area contributed by atoms with E-state index in [1.807, 2.05) is 26.2 Å². The number of thiazole rings is 1. The predicted octanol–water partition coefficient (Wildman–Crippen LogP) is 2.09. The molecule has 0 bridgehead atoms. The van der Waals surface area contributed by atoms with Gasteiger partial charge in [-0.25, -0.2) is 4.98 Å². The zero-order chi connectivity index (χ0) is 15.1. The van der Waals surface area contributed by atoms with Crippen LogP contribution in [0.25, 0.3) is 0 Å². The summed E-state index contributed by atoms with van der Waals surface area (Å²) in [5.41, 5.74) is 0.995. The largest absolute Gasteiger partial charge is 0.468 e. The number of esters is 1. The van der Waals surface area contributed by atoms with Gasteiger partial charge in [-0.05, 0) is 20.8 Å². The third-order valence-electron chi connectivity index (χ3n) is 2.61. The summed E-state index contributed by atoms with van der Waals surface area (Å²) in [6.45, 7) is 5.73. The van der Waals surface area contributed by atoms with Crippen LogP contribution in [0.1, 0.15) is 24.5 Å². The van der Waals surface area contributed by atoms with Crippen molar-refractivity contribution in [2.45, 2.75) is 32.6 Å². The smallest absolute Gasteiger partial charge is 0.325 e. The molecule has 7 heteroatoms. The van der Waals surface area contributed by atoms with E-state index in [9.17, 15) is 9.59 Å². The van der Waals surface area contributed by atoms with Crippen molar-refractivity contribution >= 4 is 35.0 Å². The first kappa shape index (κ1) is 17.0. The lowest BCUT2D eigenvalue weighted by atomic mass is 10.3. The lowest BCUT2D eigenvalue weighted by Gasteiger charge is -2.25. The maximum atomic E-state index is 12.1. The van der Waals surface area contributed by atoms with Crippen molar-refractivity contribution in [1.29, 1.82) is 0 Å². The van der Waals surface area contributed by atoms with E-state index in [1.165, 1.54) is 23.8 Å². The highest BCUT2D eigenvalue weighted by Crippen LogP contribution is 2.16. The predicted molar refractivity (Wildman–Crippen MR) is 81.9 cm³/mol. The van der Waals surface area contributed by atoms with Gasteiger partial charge in [-0.1, -0.05) is 0 Å². The molecule has 0 fully saturated rings. The van der Waals surface area contributed by atoms with E-state index in [4.69, 9.17) is 0 Å². The molecule has 0 aliphatic carbocycles. The van der Waals surface area contributed by atoms with Gasteiger partial charge >= 0.3 is 5.97 Å². The molecule has 112 valence electrons. The first-order valence-corrected chi connectivity index (χ1v) is 8.32. The Morgan fingerprint density at radius 3 is 2.70 bits per heavy atom. The number of ether oxygens (including phenoxy) is 1. The zero-order valence-electron chi connectivity index (χ0n) is 12.2. The number of thioether (sulfide) groups is 1. The van der Waals surface area contributed by atoms with Gasteiger partial charge in [-0.2, -0.15) is 0 Å². The van der Waals surface area contributed by atoms with Crippen molar-refractivity contribution in [2.75, 3.05) is 19.4 Å². The highest BCUT2D eigenvalue weighted by molar-refractivity contribution is 7.99. The third kappa shape index (κ3) is 5.50. The number of aryl methyl sites for hydroxylation is 1. The molecule has 1 aromatic heterocycles. The van der Waals surface area contributed by atoms with E-state index in [1.54, 1.807) is 11.3 Å². The first-order valence-electron chi connectivity index (χ1n) is 6.29. The maximum absolute atomic E-state index is 12.1. The van der Waals surface area contributed by atoms with Crippen LogP contribution in [0.5, 0.6) is 0 Å². The van der Waals surface area contributed by atoms with E-state index >= 15 is 0 Å². The van der Waals surface area contributed by atoms with Crippen LogP contribution in [-0.2, 0) is 20.1 Å². The average molecular weight is 316 g/mol.